The molecular formula is C14H21ClN2O. The predicted molar refractivity (Wildman–Crippen MR) is 73.9 cm³/mol. The number of halogens is 1. The van der Waals surface area contributed by atoms with E-state index in [0.717, 1.165) is 43.9 Å². The van der Waals surface area contributed by atoms with Crippen LogP contribution in [0.3, 0.4) is 0 Å². The molecule has 100 valence electrons. The van der Waals surface area contributed by atoms with Gasteiger partial charge in [-0.25, -0.2) is 0 Å². The van der Waals surface area contributed by atoms with Gasteiger partial charge in [0.2, 0.25) is 0 Å². The van der Waals surface area contributed by atoms with Crippen LogP contribution in [-0.4, -0.2) is 41.6 Å². The Morgan fingerprint density at radius 2 is 2.17 bits per heavy atom. The van der Waals surface area contributed by atoms with Crippen molar-refractivity contribution >= 4 is 11.6 Å². The van der Waals surface area contributed by atoms with Gasteiger partial charge in [0.05, 0.1) is 18.4 Å². The molecule has 0 atom stereocenters. The molecule has 0 spiro atoms. The summed E-state index contributed by atoms with van der Waals surface area (Å²) in [5.74, 6) is 0.591. The molecule has 2 rings (SSSR count). The number of pyridine rings is 1. The van der Waals surface area contributed by atoms with Gasteiger partial charge in [-0.3, -0.25) is 9.88 Å². The van der Waals surface area contributed by atoms with Crippen LogP contribution in [0.15, 0.2) is 18.2 Å². The van der Waals surface area contributed by atoms with Crippen LogP contribution in [0.4, 0.5) is 0 Å². The smallest absolute Gasteiger partial charge is 0.0605 e. The monoisotopic (exact) mass is 268 g/mol. The van der Waals surface area contributed by atoms with Crippen molar-refractivity contribution in [3.8, 4) is 0 Å². The lowest BCUT2D eigenvalue weighted by molar-refractivity contribution is 0.0132. The molecule has 0 aromatic carbocycles. The fourth-order valence-electron chi connectivity index (χ4n) is 2.36. The van der Waals surface area contributed by atoms with Crippen LogP contribution in [0.25, 0.3) is 0 Å². The number of alkyl halides is 1. The van der Waals surface area contributed by atoms with Crippen molar-refractivity contribution in [3.05, 3.63) is 29.6 Å². The number of piperidine rings is 1. The van der Waals surface area contributed by atoms with Crippen molar-refractivity contribution < 1.29 is 4.74 Å². The molecule has 1 aromatic rings. The number of likely N-dealkylation sites (tertiary alicyclic amines) is 1. The molecular weight excluding hydrogens is 248 g/mol. The Hall–Kier alpha value is -0.640. The summed E-state index contributed by atoms with van der Waals surface area (Å²) in [5.41, 5.74) is 2.25. The van der Waals surface area contributed by atoms with Gasteiger partial charge in [0.15, 0.2) is 0 Å². The minimum Gasteiger partial charge on any atom is -0.377 e. The van der Waals surface area contributed by atoms with E-state index in [1.54, 1.807) is 0 Å². The zero-order valence-corrected chi connectivity index (χ0v) is 11.7. The van der Waals surface area contributed by atoms with Crippen LogP contribution >= 0.6 is 11.6 Å². The Balaban J connectivity index is 1.76. The number of rotatable bonds is 5. The van der Waals surface area contributed by atoms with E-state index in [1.165, 1.54) is 0 Å². The summed E-state index contributed by atoms with van der Waals surface area (Å²) < 4.78 is 5.68. The van der Waals surface area contributed by atoms with E-state index in [2.05, 4.69) is 22.0 Å². The first-order chi connectivity index (χ1) is 8.78. The summed E-state index contributed by atoms with van der Waals surface area (Å²) in [6.45, 7) is 5.83. The maximum atomic E-state index is 5.68. The summed E-state index contributed by atoms with van der Waals surface area (Å²) in [5, 5.41) is 0. The van der Waals surface area contributed by atoms with Crippen molar-refractivity contribution in [3.63, 3.8) is 0 Å². The largest absolute Gasteiger partial charge is 0.377 e. The topological polar surface area (TPSA) is 25.4 Å². The predicted octanol–water partition coefficient (Wildman–Crippen LogP) is 2.61. The zero-order valence-electron chi connectivity index (χ0n) is 10.9. The highest BCUT2D eigenvalue weighted by molar-refractivity contribution is 6.17. The lowest BCUT2D eigenvalue weighted by Gasteiger charge is -2.31. The molecule has 0 unspecified atom stereocenters. The Labute approximate surface area is 114 Å². The molecule has 1 aliphatic rings. The third-order valence-corrected chi connectivity index (χ3v) is 3.45. The van der Waals surface area contributed by atoms with E-state index in [4.69, 9.17) is 16.3 Å². The highest BCUT2D eigenvalue weighted by atomic mass is 35.5. The SMILES string of the molecule is Cc1cccc(CN2CCC(OCCCl)CC2)n1. The molecule has 0 saturated carbocycles. The first-order valence-corrected chi connectivity index (χ1v) is 7.14. The third-order valence-electron chi connectivity index (χ3n) is 3.30. The number of hydrogen-bond acceptors (Lipinski definition) is 3. The molecule has 2 heterocycles. The van der Waals surface area contributed by atoms with Gasteiger partial charge in [-0.1, -0.05) is 6.07 Å². The van der Waals surface area contributed by atoms with Crippen LogP contribution in [0.1, 0.15) is 24.2 Å². The Morgan fingerprint density at radius 3 is 2.83 bits per heavy atom. The minimum atomic E-state index is 0.394. The van der Waals surface area contributed by atoms with Crippen LogP contribution in [0, 0.1) is 6.92 Å². The van der Waals surface area contributed by atoms with Crippen molar-refractivity contribution in [1.82, 2.24) is 9.88 Å². The first-order valence-electron chi connectivity index (χ1n) is 6.60. The minimum absolute atomic E-state index is 0.394. The van der Waals surface area contributed by atoms with Crippen LogP contribution in [-0.2, 0) is 11.3 Å². The van der Waals surface area contributed by atoms with Crippen molar-refractivity contribution in [2.24, 2.45) is 0 Å². The molecule has 3 nitrogen and oxygen atoms in total. The van der Waals surface area contributed by atoms with Crippen LogP contribution < -0.4 is 0 Å². The van der Waals surface area contributed by atoms with Gasteiger partial charge >= 0.3 is 0 Å². The molecule has 0 aliphatic carbocycles. The number of aromatic nitrogens is 1. The highest BCUT2D eigenvalue weighted by Crippen LogP contribution is 2.15. The van der Waals surface area contributed by atoms with Gasteiger partial charge in [-0.15, -0.1) is 11.6 Å². The standard InChI is InChI=1S/C14H21ClN2O/c1-12-3-2-4-13(16-12)11-17-8-5-14(6-9-17)18-10-7-15/h2-4,14H,5-11H2,1H3. The molecule has 4 heteroatoms. The van der Waals surface area contributed by atoms with E-state index >= 15 is 0 Å². The van der Waals surface area contributed by atoms with Gasteiger partial charge in [0, 0.05) is 31.2 Å². The Kier molecular flexibility index (Phi) is 5.42. The average molecular weight is 269 g/mol. The molecule has 0 amide bonds. The number of hydrogen-bond donors (Lipinski definition) is 0. The second-order valence-electron chi connectivity index (χ2n) is 4.81. The van der Waals surface area contributed by atoms with Crippen LogP contribution in [0.5, 0.6) is 0 Å². The Bertz CT molecular complexity index is 365. The third kappa shape index (κ3) is 4.23. The van der Waals surface area contributed by atoms with Crippen LogP contribution in [0.2, 0.25) is 0 Å². The van der Waals surface area contributed by atoms with E-state index in [9.17, 15) is 0 Å². The summed E-state index contributed by atoms with van der Waals surface area (Å²) in [7, 11) is 0. The number of nitrogens with zero attached hydrogens (tertiary/aromatic N) is 2. The molecule has 1 saturated heterocycles. The molecule has 1 aliphatic heterocycles. The summed E-state index contributed by atoms with van der Waals surface area (Å²) in [4.78, 5) is 6.99. The number of ether oxygens (including phenoxy) is 1. The van der Waals surface area contributed by atoms with Gasteiger partial charge in [-0.05, 0) is 31.9 Å². The molecule has 0 radical (unpaired) electrons. The van der Waals surface area contributed by atoms with E-state index < -0.39 is 0 Å². The normalized spacial score (nSPS) is 18.1. The zero-order chi connectivity index (χ0) is 12.8. The van der Waals surface area contributed by atoms with Gasteiger partial charge in [0.25, 0.3) is 0 Å². The molecule has 18 heavy (non-hydrogen) atoms. The summed E-state index contributed by atoms with van der Waals surface area (Å²) in [6.07, 6.45) is 2.59. The van der Waals surface area contributed by atoms with Crippen molar-refractivity contribution in [1.29, 1.82) is 0 Å². The van der Waals surface area contributed by atoms with E-state index in [-0.39, 0.29) is 0 Å². The molecule has 1 aromatic heterocycles. The maximum Gasteiger partial charge on any atom is 0.0605 e. The maximum absolute atomic E-state index is 5.68. The lowest BCUT2D eigenvalue weighted by Crippen LogP contribution is -2.37. The molecule has 0 bridgehead atoms. The fourth-order valence-corrected chi connectivity index (χ4v) is 2.45. The van der Waals surface area contributed by atoms with Crippen molar-refractivity contribution in [2.75, 3.05) is 25.6 Å². The van der Waals surface area contributed by atoms with Crippen molar-refractivity contribution in [2.45, 2.75) is 32.4 Å². The quantitative estimate of drug-likeness (QED) is 0.768. The first kappa shape index (κ1) is 13.8. The second kappa shape index (κ2) is 7.07. The molecule has 0 N–H and O–H groups in total. The van der Waals surface area contributed by atoms with E-state index in [1.807, 2.05) is 13.0 Å². The summed E-state index contributed by atoms with van der Waals surface area (Å²) >= 11 is 5.63. The average Bonchev–Trinajstić information content (AvgIpc) is 2.38. The number of aryl methyl sites for hydroxylation is 1. The van der Waals surface area contributed by atoms with Gasteiger partial charge in [0.1, 0.15) is 0 Å². The summed E-state index contributed by atoms with van der Waals surface area (Å²) in [6, 6.07) is 6.22. The fraction of sp³-hybridized carbons (Fsp3) is 0.643. The van der Waals surface area contributed by atoms with E-state index in [0.29, 0.717) is 18.6 Å². The van der Waals surface area contributed by atoms with Gasteiger partial charge < -0.3 is 4.74 Å². The second-order valence-corrected chi connectivity index (χ2v) is 5.18. The lowest BCUT2D eigenvalue weighted by atomic mass is 10.1. The highest BCUT2D eigenvalue weighted by Gasteiger charge is 2.19. The Morgan fingerprint density at radius 1 is 1.39 bits per heavy atom. The van der Waals surface area contributed by atoms with Gasteiger partial charge in [-0.2, -0.15) is 0 Å². The molecule has 1 fully saturated rings.